The van der Waals surface area contributed by atoms with E-state index in [1.807, 2.05) is 11.3 Å². The Hall–Kier alpha value is -0.380. The van der Waals surface area contributed by atoms with E-state index in [1.54, 1.807) is 0 Å². The van der Waals surface area contributed by atoms with Gasteiger partial charge in [-0.2, -0.15) is 0 Å². The number of thiophene rings is 1. The minimum absolute atomic E-state index is 0.280. The molecule has 0 unspecified atom stereocenters. The highest BCUT2D eigenvalue weighted by Gasteiger charge is 2.19. The Morgan fingerprint density at radius 2 is 2.13 bits per heavy atom. The van der Waals surface area contributed by atoms with Crippen molar-refractivity contribution >= 4 is 11.3 Å². The first kappa shape index (κ1) is 11.1. The molecule has 1 saturated heterocycles. The first-order valence-electron chi connectivity index (χ1n) is 5.46. The zero-order valence-electron chi connectivity index (χ0n) is 9.67. The maximum atomic E-state index is 5.12. The average molecular weight is 225 g/mol. The Bertz CT molecular complexity index is 323. The number of nitrogens with one attached hydrogen (secondary N) is 1. The molecule has 1 fully saturated rings. The van der Waals surface area contributed by atoms with E-state index in [0.717, 1.165) is 19.8 Å². The predicted octanol–water partition coefficient (Wildman–Crippen LogP) is 2.53. The Morgan fingerprint density at radius 1 is 1.40 bits per heavy atom. The van der Waals surface area contributed by atoms with E-state index in [-0.39, 0.29) is 5.41 Å². The Kier molecular flexibility index (Phi) is 3.14. The lowest BCUT2D eigenvalue weighted by Gasteiger charge is -2.26. The molecule has 2 nitrogen and oxygen atoms in total. The third-order valence-electron chi connectivity index (χ3n) is 2.60. The van der Waals surface area contributed by atoms with Gasteiger partial charge in [-0.15, -0.1) is 11.3 Å². The second-order valence-corrected chi connectivity index (χ2v) is 6.30. The number of ether oxygens (including phenoxy) is 1. The first-order valence-corrected chi connectivity index (χ1v) is 6.28. The van der Waals surface area contributed by atoms with Crippen LogP contribution in [0.4, 0.5) is 0 Å². The smallest absolute Gasteiger partial charge is 0.0643 e. The molecule has 3 heteroatoms. The molecule has 2 heterocycles. The van der Waals surface area contributed by atoms with Crippen molar-refractivity contribution in [2.75, 3.05) is 13.2 Å². The number of hydrogen-bond donors (Lipinski definition) is 1. The summed E-state index contributed by atoms with van der Waals surface area (Å²) < 4.78 is 5.12. The van der Waals surface area contributed by atoms with E-state index in [9.17, 15) is 0 Å². The molecule has 1 aromatic rings. The SMILES string of the molecule is CC(C)(C)c1ccc(CNC2COC2)s1. The summed E-state index contributed by atoms with van der Waals surface area (Å²) >= 11 is 1.91. The van der Waals surface area contributed by atoms with Crippen LogP contribution in [0.2, 0.25) is 0 Å². The molecule has 0 aromatic carbocycles. The number of rotatable bonds is 3. The lowest BCUT2D eigenvalue weighted by molar-refractivity contribution is -0.00567. The molecule has 0 atom stereocenters. The minimum Gasteiger partial charge on any atom is -0.378 e. The van der Waals surface area contributed by atoms with Crippen LogP contribution in [0.15, 0.2) is 12.1 Å². The van der Waals surface area contributed by atoms with Gasteiger partial charge in [0.15, 0.2) is 0 Å². The van der Waals surface area contributed by atoms with E-state index in [4.69, 9.17) is 4.74 Å². The lowest BCUT2D eigenvalue weighted by Crippen LogP contribution is -2.45. The lowest BCUT2D eigenvalue weighted by atomic mass is 9.95. The van der Waals surface area contributed by atoms with Gasteiger partial charge in [0.2, 0.25) is 0 Å². The molecule has 1 N–H and O–H groups in total. The topological polar surface area (TPSA) is 21.3 Å². The quantitative estimate of drug-likeness (QED) is 0.853. The van der Waals surface area contributed by atoms with Gasteiger partial charge in [-0.05, 0) is 17.5 Å². The Labute approximate surface area is 95.6 Å². The van der Waals surface area contributed by atoms with Crippen LogP contribution in [-0.4, -0.2) is 19.3 Å². The molecule has 1 aromatic heterocycles. The van der Waals surface area contributed by atoms with Gasteiger partial charge in [-0.1, -0.05) is 20.8 Å². The summed E-state index contributed by atoms with van der Waals surface area (Å²) in [7, 11) is 0. The predicted molar refractivity (Wildman–Crippen MR) is 64.5 cm³/mol. The molecule has 0 amide bonds. The van der Waals surface area contributed by atoms with Crippen LogP contribution in [0.5, 0.6) is 0 Å². The van der Waals surface area contributed by atoms with Crippen LogP contribution in [0.25, 0.3) is 0 Å². The van der Waals surface area contributed by atoms with Gasteiger partial charge in [-0.3, -0.25) is 0 Å². The summed E-state index contributed by atoms with van der Waals surface area (Å²) in [4.78, 5) is 2.89. The van der Waals surface area contributed by atoms with Crippen molar-refractivity contribution in [3.63, 3.8) is 0 Å². The van der Waals surface area contributed by atoms with Crippen molar-refractivity contribution in [1.29, 1.82) is 0 Å². The van der Waals surface area contributed by atoms with Gasteiger partial charge < -0.3 is 10.1 Å². The first-order chi connectivity index (χ1) is 7.05. The maximum Gasteiger partial charge on any atom is 0.0643 e. The fraction of sp³-hybridized carbons (Fsp3) is 0.667. The molecule has 15 heavy (non-hydrogen) atoms. The highest BCUT2D eigenvalue weighted by molar-refractivity contribution is 7.12. The van der Waals surface area contributed by atoms with Crippen LogP contribution in [0.3, 0.4) is 0 Å². The average Bonchev–Trinajstić information content (AvgIpc) is 2.48. The van der Waals surface area contributed by atoms with E-state index in [1.165, 1.54) is 9.75 Å². The monoisotopic (exact) mass is 225 g/mol. The van der Waals surface area contributed by atoms with Crippen molar-refractivity contribution in [2.45, 2.75) is 38.8 Å². The third-order valence-corrected chi connectivity index (χ3v) is 4.11. The minimum atomic E-state index is 0.280. The normalized spacial score (nSPS) is 17.8. The zero-order chi connectivity index (χ0) is 10.9. The standard InChI is InChI=1S/C12H19NOS/c1-12(2,3)11-5-4-10(15-11)6-13-9-7-14-8-9/h4-5,9,13H,6-8H2,1-3H3. The summed E-state index contributed by atoms with van der Waals surface area (Å²) in [6, 6.07) is 5.06. The molecule has 0 aliphatic carbocycles. The van der Waals surface area contributed by atoms with Crippen LogP contribution in [0, 0.1) is 0 Å². The van der Waals surface area contributed by atoms with E-state index in [0.29, 0.717) is 6.04 Å². The van der Waals surface area contributed by atoms with Crippen LogP contribution >= 0.6 is 11.3 Å². The van der Waals surface area contributed by atoms with Crippen LogP contribution in [-0.2, 0) is 16.7 Å². The molecule has 1 aliphatic heterocycles. The number of hydrogen-bond acceptors (Lipinski definition) is 3. The second kappa shape index (κ2) is 4.24. The van der Waals surface area contributed by atoms with E-state index >= 15 is 0 Å². The molecule has 2 rings (SSSR count). The van der Waals surface area contributed by atoms with Crippen LogP contribution < -0.4 is 5.32 Å². The van der Waals surface area contributed by atoms with Crippen molar-refractivity contribution in [3.8, 4) is 0 Å². The van der Waals surface area contributed by atoms with Gasteiger partial charge in [0.25, 0.3) is 0 Å². The summed E-state index contributed by atoms with van der Waals surface area (Å²) in [5.74, 6) is 0. The molecular weight excluding hydrogens is 206 g/mol. The molecule has 1 aliphatic rings. The summed E-state index contributed by atoms with van der Waals surface area (Å²) in [5.41, 5.74) is 0.280. The molecule has 0 spiro atoms. The van der Waals surface area contributed by atoms with Crippen molar-refractivity contribution in [2.24, 2.45) is 0 Å². The zero-order valence-corrected chi connectivity index (χ0v) is 10.5. The summed E-state index contributed by atoms with van der Waals surface area (Å²) in [5, 5.41) is 3.49. The van der Waals surface area contributed by atoms with Gasteiger partial charge >= 0.3 is 0 Å². The molecule has 84 valence electrons. The van der Waals surface area contributed by atoms with Gasteiger partial charge in [-0.25, -0.2) is 0 Å². The van der Waals surface area contributed by atoms with Gasteiger partial charge in [0.05, 0.1) is 19.3 Å². The summed E-state index contributed by atoms with van der Waals surface area (Å²) in [6.45, 7) is 9.51. The molecule has 0 bridgehead atoms. The van der Waals surface area contributed by atoms with Gasteiger partial charge in [0, 0.05) is 16.3 Å². The Morgan fingerprint density at radius 3 is 2.60 bits per heavy atom. The van der Waals surface area contributed by atoms with Crippen molar-refractivity contribution < 1.29 is 4.74 Å². The van der Waals surface area contributed by atoms with Crippen molar-refractivity contribution in [1.82, 2.24) is 5.32 Å². The van der Waals surface area contributed by atoms with Crippen LogP contribution in [0.1, 0.15) is 30.5 Å². The van der Waals surface area contributed by atoms with E-state index in [2.05, 4.69) is 38.2 Å². The molecular formula is C12H19NOS. The fourth-order valence-electron chi connectivity index (χ4n) is 1.47. The Balaban J connectivity index is 1.89. The summed E-state index contributed by atoms with van der Waals surface area (Å²) in [6.07, 6.45) is 0. The maximum absolute atomic E-state index is 5.12. The third kappa shape index (κ3) is 2.80. The van der Waals surface area contributed by atoms with Gasteiger partial charge in [0.1, 0.15) is 0 Å². The highest BCUT2D eigenvalue weighted by Crippen LogP contribution is 2.29. The van der Waals surface area contributed by atoms with Crippen molar-refractivity contribution in [3.05, 3.63) is 21.9 Å². The van der Waals surface area contributed by atoms with E-state index < -0.39 is 0 Å². The molecule has 0 radical (unpaired) electrons. The largest absolute Gasteiger partial charge is 0.378 e. The second-order valence-electron chi connectivity index (χ2n) is 5.13. The highest BCUT2D eigenvalue weighted by atomic mass is 32.1. The molecule has 0 saturated carbocycles. The fourth-order valence-corrected chi connectivity index (χ4v) is 2.49.